The van der Waals surface area contributed by atoms with E-state index in [9.17, 15) is 0 Å². The number of hydrogen-bond acceptors (Lipinski definition) is 7. The van der Waals surface area contributed by atoms with Gasteiger partial charge in [-0.2, -0.15) is 19.5 Å². The number of nitrogens with zero attached hydrogens (tertiary/aromatic N) is 5. The molecule has 0 unspecified atom stereocenters. The molecule has 9 heteroatoms. The van der Waals surface area contributed by atoms with Gasteiger partial charge in [0.1, 0.15) is 5.75 Å². The fourth-order valence-electron chi connectivity index (χ4n) is 1.80. The van der Waals surface area contributed by atoms with E-state index in [1.807, 2.05) is 24.5 Å². The SMILES string of the molecule is COc1ccc(-c2nc3nc(SC)nc(N)n3n2)c(Br)c1. The van der Waals surface area contributed by atoms with E-state index in [-0.39, 0.29) is 5.95 Å². The molecule has 2 aromatic heterocycles. The van der Waals surface area contributed by atoms with Crippen LogP contribution in [-0.4, -0.2) is 37.9 Å². The van der Waals surface area contributed by atoms with Gasteiger partial charge in [0.25, 0.3) is 5.78 Å². The van der Waals surface area contributed by atoms with E-state index in [1.165, 1.54) is 16.3 Å². The number of methoxy groups -OCH3 is 1. The second-order valence-electron chi connectivity index (χ2n) is 4.06. The van der Waals surface area contributed by atoms with Gasteiger partial charge >= 0.3 is 0 Å². The third kappa shape index (κ3) is 2.54. The first kappa shape index (κ1) is 14.1. The zero-order valence-electron chi connectivity index (χ0n) is 11.2. The molecule has 3 aromatic rings. The van der Waals surface area contributed by atoms with Gasteiger partial charge in [-0.05, 0) is 40.4 Å². The summed E-state index contributed by atoms with van der Waals surface area (Å²) in [6, 6.07) is 5.56. The molecule has 0 amide bonds. The lowest BCUT2D eigenvalue weighted by Gasteiger charge is -2.03. The van der Waals surface area contributed by atoms with Crippen LogP contribution in [0.1, 0.15) is 0 Å². The molecule has 3 rings (SSSR count). The van der Waals surface area contributed by atoms with E-state index in [2.05, 4.69) is 36.0 Å². The second-order valence-corrected chi connectivity index (χ2v) is 5.69. The zero-order valence-corrected chi connectivity index (χ0v) is 13.6. The van der Waals surface area contributed by atoms with Crippen LogP contribution in [0.5, 0.6) is 5.75 Å². The number of aromatic nitrogens is 5. The number of nitrogens with two attached hydrogens (primary N) is 1. The maximum atomic E-state index is 5.87. The monoisotopic (exact) mass is 366 g/mol. The molecule has 0 fully saturated rings. The smallest absolute Gasteiger partial charge is 0.258 e. The Balaban J connectivity index is 2.15. The van der Waals surface area contributed by atoms with Crippen LogP contribution < -0.4 is 10.5 Å². The van der Waals surface area contributed by atoms with Crippen molar-refractivity contribution in [2.75, 3.05) is 19.1 Å². The average Bonchev–Trinajstić information content (AvgIpc) is 2.91. The fourth-order valence-corrected chi connectivity index (χ4v) is 2.69. The molecule has 0 bridgehead atoms. The number of anilines is 1. The summed E-state index contributed by atoms with van der Waals surface area (Å²) in [6.07, 6.45) is 1.88. The molecule has 0 aliphatic rings. The summed E-state index contributed by atoms with van der Waals surface area (Å²) >= 11 is 4.89. The first-order valence-corrected chi connectivity index (χ1v) is 7.92. The Labute approximate surface area is 133 Å². The lowest BCUT2D eigenvalue weighted by atomic mass is 10.2. The lowest BCUT2D eigenvalue weighted by molar-refractivity contribution is 0.414. The van der Waals surface area contributed by atoms with Crippen LogP contribution >= 0.6 is 27.7 Å². The number of fused-ring (bicyclic) bond motifs is 1. The standard InChI is InChI=1S/C12H11BrN6OS/c1-20-6-3-4-7(8(13)5-6)9-15-11-17-12(21-2)16-10(14)19(11)18-9/h3-5H,1-2H3,(H2,14,15,16,17,18). The van der Waals surface area contributed by atoms with E-state index in [0.29, 0.717) is 16.8 Å². The number of hydrogen-bond donors (Lipinski definition) is 1. The predicted octanol–water partition coefficient (Wildman–Crippen LogP) is 2.26. The van der Waals surface area contributed by atoms with Gasteiger partial charge in [-0.15, -0.1) is 5.10 Å². The van der Waals surface area contributed by atoms with Crippen LogP contribution in [-0.2, 0) is 0 Å². The average molecular weight is 367 g/mol. The Morgan fingerprint density at radius 2 is 2.10 bits per heavy atom. The van der Waals surface area contributed by atoms with E-state index in [0.717, 1.165) is 15.8 Å². The number of thioether (sulfide) groups is 1. The van der Waals surface area contributed by atoms with E-state index in [4.69, 9.17) is 10.5 Å². The number of ether oxygens (including phenoxy) is 1. The van der Waals surface area contributed by atoms with Crippen molar-refractivity contribution in [3.8, 4) is 17.1 Å². The summed E-state index contributed by atoms with van der Waals surface area (Å²) in [5, 5.41) is 4.91. The van der Waals surface area contributed by atoms with Gasteiger partial charge in [-0.1, -0.05) is 11.8 Å². The molecule has 0 saturated carbocycles. The Hall–Kier alpha value is -1.87. The number of halogens is 1. The van der Waals surface area contributed by atoms with Crippen molar-refractivity contribution in [1.29, 1.82) is 0 Å². The minimum absolute atomic E-state index is 0.257. The normalized spacial score (nSPS) is 11.0. The Morgan fingerprint density at radius 1 is 1.29 bits per heavy atom. The molecule has 1 aromatic carbocycles. The maximum Gasteiger partial charge on any atom is 0.258 e. The van der Waals surface area contributed by atoms with Crippen LogP contribution in [0.3, 0.4) is 0 Å². The number of rotatable bonds is 3. The molecule has 2 heterocycles. The van der Waals surface area contributed by atoms with Gasteiger partial charge in [-0.25, -0.2) is 0 Å². The molecular weight excluding hydrogens is 356 g/mol. The van der Waals surface area contributed by atoms with Crippen molar-refractivity contribution in [2.45, 2.75) is 5.16 Å². The van der Waals surface area contributed by atoms with Crippen LogP contribution in [0.4, 0.5) is 5.95 Å². The highest BCUT2D eigenvalue weighted by atomic mass is 79.9. The van der Waals surface area contributed by atoms with Crippen molar-refractivity contribution >= 4 is 39.4 Å². The fraction of sp³-hybridized carbons (Fsp3) is 0.167. The third-order valence-electron chi connectivity index (χ3n) is 2.81. The van der Waals surface area contributed by atoms with Gasteiger partial charge in [0.05, 0.1) is 7.11 Å². The minimum atomic E-state index is 0.257. The first-order chi connectivity index (χ1) is 10.1. The van der Waals surface area contributed by atoms with E-state index < -0.39 is 0 Å². The largest absolute Gasteiger partial charge is 0.497 e. The number of benzene rings is 1. The third-order valence-corrected chi connectivity index (χ3v) is 4.02. The molecule has 0 atom stereocenters. The summed E-state index contributed by atoms with van der Waals surface area (Å²) in [4.78, 5) is 12.8. The van der Waals surface area contributed by atoms with E-state index >= 15 is 0 Å². The van der Waals surface area contributed by atoms with Gasteiger partial charge in [0.15, 0.2) is 11.0 Å². The quantitative estimate of drug-likeness (QED) is 0.710. The molecular formula is C12H11BrN6OS. The Bertz CT molecular complexity index is 821. The summed E-state index contributed by atoms with van der Waals surface area (Å²) < 4.78 is 7.42. The molecule has 2 N–H and O–H groups in total. The molecule has 0 spiro atoms. The topological polar surface area (TPSA) is 91.2 Å². The second kappa shape index (κ2) is 5.49. The summed E-state index contributed by atoms with van der Waals surface area (Å²) in [5.74, 6) is 1.94. The molecule has 108 valence electrons. The molecule has 0 saturated heterocycles. The van der Waals surface area contributed by atoms with Crippen LogP contribution in [0, 0.1) is 0 Å². The van der Waals surface area contributed by atoms with Crippen molar-refractivity contribution in [1.82, 2.24) is 24.6 Å². The van der Waals surface area contributed by atoms with Crippen LogP contribution in [0.15, 0.2) is 27.8 Å². The van der Waals surface area contributed by atoms with Gasteiger partial charge in [0.2, 0.25) is 5.95 Å². The van der Waals surface area contributed by atoms with Crippen molar-refractivity contribution in [3.63, 3.8) is 0 Å². The van der Waals surface area contributed by atoms with Crippen LogP contribution in [0.2, 0.25) is 0 Å². The van der Waals surface area contributed by atoms with Crippen molar-refractivity contribution < 1.29 is 4.74 Å². The molecule has 0 radical (unpaired) electrons. The minimum Gasteiger partial charge on any atom is -0.497 e. The first-order valence-electron chi connectivity index (χ1n) is 5.90. The van der Waals surface area contributed by atoms with E-state index in [1.54, 1.807) is 7.11 Å². The Morgan fingerprint density at radius 3 is 2.76 bits per heavy atom. The highest BCUT2D eigenvalue weighted by Crippen LogP contribution is 2.30. The van der Waals surface area contributed by atoms with Gasteiger partial charge in [-0.3, -0.25) is 0 Å². The van der Waals surface area contributed by atoms with Crippen LogP contribution in [0.25, 0.3) is 17.2 Å². The van der Waals surface area contributed by atoms with Crippen molar-refractivity contribution in [2.24, 2.45) is 0 Å². The molecule has 7 nitrogen and oxygen atoms in total. The Kier molecular flexibility index (Phi) is 3.68. The maximum absolute atomic E-state index is 5.87. The van der Waals surface area contributed by atoms with Gasteiger partial charge in [0, 0.05) is 10.0 Å². The van der Waals surface area contributed by atoms with Gasteiger partial charge < -0.3 is 10.5 Å². The molecule has 0 aliphatic heterocycles. The predicted molar refractivity (Wildman–Crippen MR) is 84.5 cm³/mol. The summed E-state index contributed by atoms with van der Waals surface area (Å²) in [5.41, 5.74) is 6.70. The molecule has 0 aliphatic carbocycles. The summed E-state index contributed by atoms with van der Waals surface area (Å²) in [6.45, 7) is 0. The highest BCUT2D eigenvalue weighted by molar-refractivity contribution is 9.10. The number of nitrogen functional groups attached to an aromatic ring is 1. The highest BCUT2D eigenvalue weighted by Gasteiger charge is 2.14. The van der Waals surface area contributed by atoms with Crippen molar-refractivity contribution in [3.05, 3.63) is 22.7 Å². The zero-order chi connectivity index (χ0) is 15.0. The lowest BCUT2D eigenvalue weighted by Crippen LogP contribution is -2.04. The molecule has 21 heavy (non-hydrogen) atoms. The summed E-state index contributed by atoms with van der Waals surface area (Å²) in [7, 11) is 1.62.